The summed E-state index contributed by atoms with van der Waals surface area (Å²) >= 11 is 1.53. The SMILES string of the molecule is CC(CN)C(=O)Nc1sc2c(c1C#N)CCC2. The summed E-state index contributed by atoms with van der Waals surface area (Å²) in [5.41, 5.74) is 7.23. The average molecular weight is 249 g/mol. The number of rotatable bonds is 3. The number of carbonyl (C=O) groups excluding carboxylic acids is 1. The first kappa shape index (κ1) is 12.1. The second-order valence-electron chi connectivity index (χ2n) is 4.30. The van der Waals surface area contributed by atoms with Gasteiger partial charge in [0.15, 0.2) is 0 Å². The molecule has 0 spiro atoms. The number of nitrogens with one attached hydrogen (secondary N) is 1. The van der Waals surface area contributed by atoms with Gasteiger partial charge in [-0.15, -0.1) is 11.3 Å². The molecule has 17 heavy (non-hydrogen) atoms. The van der Waals surface area contributed by atoms with E-state index in [1.54, 1.807) is 6.92 Å². The number of nitrogens with two attached hydrogens (primary N) is 1. The van der Waals surface area contributed by atoms with Crippen molar-refractivity contribution in [2.24, 2.45) is 11.7 Å². The maximum atomic E-state index is 11.7. The van der Waals surface area contributed by atoms with Crippen molar-refractivity contribution >= 4 is 22.2 Å². The van der Waals surface area contributed by atoms with Crippen molar-refractivity contribution in [1.29, 1.82) is 5.26 Å². The molecule has 1 aliphatic carbocycles. The Bertz CT molecular complexity index is 487. The first-order valence-corrected chi connectivity index (χ1v) is 6.54. The molecule has 0 aromatic carbocycles. The molecule has 2 rings (SSSR count). The Kier molecular flexibility index (Phi) is 3.46. The second kappa shape index (κ2) is 4.86. The van der Waals surface area contributed by atoms with Gasteiger partial charge in [-0.25, -0.2) is 0 Å². The van der Waals surface area contributed by atoms with Crippen molar-refractivity contribution in [2.75, 3.05) is 11.9 Å². The lowest BCUT2D eigenvalue weighted by molar-refractivity contribution is -0.119. The number of anilines is 1. The highest BCUT2D eigenvalue weighted by Crippen LogP contribution is 2.38. The van der Waals surface area contributed by atoms with E-state index in [9.17, 15) is 4.79 Å². The Morgan fingerprint density at radius 3 is 3.06 bits per heavy atom. The zero-order valence-corrected chi connectivity index (χ0v) is 10.6. The van der Waals surface area contributed by atoms with E-state index in [1.807, 2.05) is 0 Å². The normalized spacial score (nSPS) is 15.1. The van der Waals surface area contributed by atoms with Gasteiger partial charge in [-0.05, 0) is 24.8 Å². The molecule has 1 aromatic heterocycles. The lowest BCUT2D eigenvalue weighted by atomic mass is 10.1. The van der Waals surface area contributed by atoms with E-state index in [1.165, 1.54) is 16.2 Å². The van der Waals surface area contributed by atoms with Crippen LogP contribution in [-0.4, -0.2) is 12.5 Å². The van der Waals surface area contributed by atoms with Gasteiger partial charge in [0.05, 0.1) is 5.56 Å². The Hall–Kier alpha value is -1.38. The summed E-state index contributed by atoms with van der Waals surface area (Å²) in [6.45, 7) is 2.10. The van der Waals surface area contributed by atoms with Gasteiger partial charge in [0, 0.05) is 17.3 Å². The molecule has 0 radical (unpaired) electrons. The van der Waals surface area contributed by atoms with Gasteiger partial charge in [0.2, 0.25) is 5.91 Å². The number of nitriles is 1. The quantitative estimate of drug-likeness (QED) is 0.854. The van der Waals surface area contributed by atoms with E-state index < -0.39 is 0 Å². The Morgan fingerprint density at radius 1 is 1.65 bits per heavy atom. The minimum atomic E-state index is -0.224. The summed E-state index contributed by atoms with van der Waals surface area (Å²) in [7, 11) is 0. The van der Waals surface area contributed by atoms with Gasteiger partial charge in [-0.2, -0.15) is 5.26 Å². The molecule has 5 heteroatoms. The van der Waals surface area contributed by atoms with Crippen LogP contribution >= 0.6 is 11.3 Å². The van der Waals surface area contributed by atoms with E-state index in [0.29, 0.717) is 17.1 Å². The highest BCUT2D eigenvalue weighted by molar-refractivity contribution is 7.16. The van der Waals surface area contributed by atoms with Crippen LogP contribution < -0.4 is 11.1 Å². The van der Waals surface area contributed by atoms with E-state index in [0.717, 1.165) is 24.8 Å². The molecule has 4 nitrogen and oxygen atoms in total. The van der Waals surface area contributed by atoms with Gasteiger partial charge in [-0.3, -0.25) is 4.79 Å². The van der Waals surface area contributed by atoms with Crippen LogP contribution in [0.1, 0.15) is 29.3 Å². The van der Waals surface area contributed by atoms with E-state index in [4.69, 9.17) is 11.0 Å². The van der Waals surface area contributed by atoms with Crippen LogP contribution in [0.2, 0.25) is 0 Å². The number of thiophene rings is 1. The van der Waals surface area contributed by atoms with Crippen LogP contribution in [0.3, 0.4) is 0 Å². The van der Waals surface area contributed by atoms with Gasteiger partial charge in [0.25, 0.3) is 0 Å². The zero-order chi connectivity index (χ0) is 12.4. The number of hydrogen-bond acceptors (Lipinski definition) is 4. The molecule has 0 bridgehead atoms. The monoisotopic (exact) mass is 249 g/mol. The molecular formula is C12H15N3OS. The number of fused-ring (bicyclic) bond motifs is 1. The Labute approximate surface area is 104 Å². The molecule has 1 atom stereocenters. The maximum Gasteiger partial charge on any atom is 0.229 e. The van der Waals surface area contributed by atoms with Crippen molar-refractivity contribution in [3.8, 4) is 6.07 Å². The van der Waals surface area contributed by atoms with Crippen LogP contribution in [0.4, 0.5) is 5.00 Å². The molecule has 3 N–H and O–H groups in total. The van der Waals surface area contributed by atoms with Crippen molar-refractivity contribution in [2.45, 2.75) is 26.2 Å². The number of hydrogen-bond donors (Lipinski definition) is 2. The maximum absolute atomic E-state index is 11.7. The summed E-state index contributed by atoms with van der Waals surface area (Å²) in [6, 6.07) is 2.20. The van der Waals surface area contributed by atoms with Crippen LogP contribution in [0, 0.1) is 17.2 Å². The van der Waals surface area contributed by atoms with Crippen LogP contribution in [0.5, 0.6) is 0 Å². The minimum Gasteiger partial charge on any atom is -0.330 e. The summed E-state index contributed by atoms with van der Waals surface area (Å²) in [5.74, 6) is -0.331. The summed E-state index contributed by atoms with van der Waals surface area (Å²) in [6.07, 6.45) is 3.09. The van der Waals surface area contributed by atoms with Crippen molar-refractivity contribution in [3.05, 3.63) is 16.0 Å². The molecular weight excluding hydrogens is 234 g/mol. The van der Waals surface area contributed by atoms with Gasteiger partial charge >= 0.3 is 0 Å². The lowest BCUT2D eigenvalue weighted by Gasteiger charge is -2.08. The fourth-order valence-corrected chi connectivity index (χ4v) is 3.20. The van der Waals surface area contributed by atoms with Crippen LogP contribution in [0.15, 0.2) is 0 Å². The average Bonchev–Trinajstić information content (AvgIpc) is 2.87. The molecule has 1 aromatic rings. The smallest absolute Gasteiger partial charge is 0.229 e. The van der Waals surface area contributed by atoms with Crippen LogP contribution in [-0.2, 0) is 17.6 Å². The Balaban J connectivity index is 2.23. The summed E-state index contributed by atoms with van der Waals surface area (Å²) in [5, 5.41) is 12.7. The van der Waals surface area contributed by atoms with Crippen molar-refractivity contribution in [3.63, 3.8) is 0 Å². The van der Waals surface area contributed by atoms with E-state index in [2.05, 4.69) is 11.4 Å². The molecule has 0 aliphatic heterocycles. The van der Waals surface area contributed by atoms with E-state index >= 15 is 0 Å². The third-order valence-corrected chi connectivity index (χ3v) is 4.28. The molecule has 0 saturated carbocycles. The second-order valence-corrected chi connectivity index (χ2v) is 5.40. The fraction of sp³-hybridized carbons (Fsp3) is 0.500. The van der Waals surface area contributed by atoms with Gasteiger partial charge in [-0.1, -0.05) is 6.92 Å². The number of amides is 1. The van der Waals surface area contributed by atoms with Crippen molar-refractivity contribution < 1.29 is 4.79 Å². The first-order valence-electron chi connectivity index (χ1n) is 5.73. The summed E-state index contributed by atoms with van der Waals surface area (Å²) < 4.78 is 0. The van der Waals surface area contributed by atoms with Gasteiger partial charge in [0.1, 0.15) is 11.1 Å². The van der Waals surface area contributed by atoms with E-state index in [-0.39, 0.29) is 11.8 Å². The molecule has 1 heterocycles. The molecule has 1 amide bonds. The molecule has 1 aliphatic rings. The molecule has 1 unspecified atom stereocenters. The standard InChI is InChI=1S/C12H15N3OS/c1-7(5-13)11(16)15-12-9(6-14)8-3-2-4-10(8)17-12/h7H,2-5,13H2,1H3,(H,15,16). The Morgan fingerprint density at radius 2 is 2.41 bits per heavy atom. The lowest BCUT2D eigenvalue weighted by Crippen LogP contribution is -2.26. The minimum absolute atomic E-state index is 0.107. The van der Waals surface area contributed by atoms with Gasteiger partial charge < -0.3 is 11.1 Å². The molecule has 90 valence electrons. The number of nitrogens with zero attached hydrogens (tertiary/aromatic N) is 1. The van der Waals surface area contributed by atoms with Crippen LogP contribution in [0.25, 0.3) is 0 Å². The largest absolute Gasteiger partial charge is 0.330 e. The predicted octanol–water partition coefficient (Wildman–Crippen LogP) is 1.64. The van der Waals surface area contributed by atoms with Crippen molar-refractivity contribution in [1.82, 2.24) is 0 Å². The third kappa shape index (κ3) is 2.19. The summed E-state index contributed by atoms with van der Waals surface area (Å²) in [4.78, 5) is 13.0. The number of aryl methyl sites for hydroxylation is 1. The molecule has 0 fully saturated rings. The zero-order valence-electron chi connectivity index (χ0n) is 9.75. The predicted molar refractivity (Wildman–Crippen MR) is 67.9 cm³/mol. The highest BCUT2D eigenvalue weighted by atomic mass is 32.1. The topological polar surface area (TPSA) is 78.9 Å². The molecule has 0 saturated heterocycles. The number of carbonyl (C=O) groups is 1. The third-order valence-electron chi connectivity index (χ3n) is 3.07. The highest BCUT2D eigenvalue weighted by Gasteiger charge is 2.23. The fourth-order valence-electron chi connectivity index (χ4n) is 1.95. The first-order chi connectivity index (χ1) is 8.17.